The van der Waals surface area contributed by atoms with Gasteiger partial charge in [-0.15, -0.1) is 0 Å². The van der Waals surface area contributed by atoms with E-state index in [0.717, 1.165) is 5.56 Å². The van der Waals surface area contributed by atoms with Crippen molar-refractivity contribution in [3.8, 4) is 0 Å². The molecule has 1 N–H and O–H groups in total. The molecule has 1 rings (SSSR count). The van der Waals surface area contributed by atoms with Crippen LogP contribution in [0.25, 0.3) is 0 Å². The van der Waals surface area contributed by atoms with Gasteiger partial charge in [-0.2, -0.15) is 0 Å². The lowest BCUT2D eigenvalue weighted by Gasteiger charge is -2.14. The Morgan fingerprint density at radius 3 is 2.67 bits per heavy atom. The predicted molar refractivity (Wildman–Crippen MR) is 74.8 cm³/mol. The first-order chi connectivity index (χ1) is 8.48. The van der Waals surface area contributed by atoms with Crippen LogP contribution in [0.3, 0.4) is 0 Å². The van der Waals surface area contributed by atoms with E-state index in [1.807, 2.05) is 18.2 Å². The summed E-state index contributed by atoms with van der Waals surface area (Å²) in [4.78, 5) is 0. The molecule has 1 aromatic rings. The topological polar surface area (TPSA) is 54.4 Å². The van der Waals surface area contributed by atoms with Gasteiger partial charge in [-0.25, -0.2) is 8.42 Å². The van der Waals surface area contributed by atoms with E-state index in [4.69, 9.17) is 11.6 Å². The second-order valence-electron chi connectivity index (χ2n) is 4.31. The molecular weight excluding hydrogens is 272 g/mol. The summed E-state index contributed by atoms with van der Waals surface area (Å²) in [5, 5.41) is 10.00. The molecule has 0 fully saturated rings. The lowest BCUT2D eigenvalue weighted by Crippen LogP contribution is -2.11. The molecule has 0 amide bonds. The van der Waals surface area contributed by atoms with Crippen LogP contribution in [0.1, 0.15) is 31.2 Å². The number of hydrogen-bond acceptors (Lipinski definition) is 3. The van der Waals surface area contributed by atoms with Crippen LogP contribution in [0.5, 0.6) is 0 Å². The van der Waals surface area contributed by atoms with Crippen LogP contribution >= 0.6 is 11.6 Å². The highest BCUT2D eigenvalue weighted by molar-refractivity contribution is 7.91. The molecule has 0 heterocycles. The SMILES string of the molecule is CCS(=O)(=O)CCCC(CO)c1cccc(Cl)c1. The minimum Gasteiger partial charge on any atom is -0.396 e. The summed E-state index contributed by atoms with van der Waals surface area (Å²) in [6.45, 7) is 1.66. The highest BCUT2D eigenvalue weighted by Gasteiger charge is 2.13. The van der Waals surface area contributed by atoms with Gasteiger partial charge in [0, 0.05) is 23.3 Å². The van der Waals surface area contributed by atoms with E-state index in [1.54, 1.807) is 13.0 Å². The van der Waals surface area contributed by atoms with E-state index in [0.29, 0.717) is 17.9 Å². The van der Waals surface area contributed by atoms with Crippen molar-refractivity contribution in [3.63, 3.8) is 0 Å². The maximum Gasteiger partial charge on any atom is 0.150 e. The predicted octanol–water partition coefficient (Wildman–Crippen LogP) is 2.63. The number of halogens is 1. The lowest BCUT2D eigenvalue weighted by molar-refractivity contribution is 0.258. The second kappa shape index (κ2) is 7.12. The Morgan fingerprint density at radius 2 is 2.11 bits per heavy atom. The standard InChI is InChI=1S/C13H19ClO3S/c1-2-18(16,17)8-4-6-12(10-15)11-5-3-7-13(14)9-11/h3,5,7,9,12,15H,2,4,6,8,10H2,1H3. The maximum atomic E-state index is 11.4. The average molecular weight is 291 g/mol. The van der Waals surface area contributed by atoms with Crippen molar-refractivity contribution < 1.29 is 13.5 Å². The Kier molecular flexibility index (Phi) is 6.12. The summed E-state index contributed by atoms with van der Waals surface area (Å²) in [5.41, 5.74) is 0.957. The molecule has 0 saturated heterocycles. The van der Waals surface area contributed by atoms with Crippen LogP contribution in [-0.4, -0.2) is 31.6 Å². The van der Waals surface area contributed by atoms with Crippen LogP contribution < -0.4 is 0 Å². The van der Waals surface area contributed by atoms with E-state index >= 15 is 0 Å². The minimum atomic E-state index is -2.92. The van der Waals surface area contributed by atoms with Gasteiger partial charge in [0.05, 0.1) is 5.75 Å². The third-order valence-corrected chi connectivity index (χ3v) is 5.01. The first kappa shape index (κ1) is 15.5. The fourth-order valence-electron chi connectivity index (χ4n) is 1.82. The summed E-state index contributed by atoms with van der Waals surface area (Å²) in [5.74, 6) is 0.310. The third kappa shape index (κ3) is 4.96. The Hall–Kier alpha value is -0.580. The van der Waals surface area contributed by atoms with Crippen molar-refractivity contribution in [1.82, 2.24) is 0 Å². The molecular formula is C13H19ClO3S. The number of benzene rings is 1. The molecule has 0 spiro atoms. The second-order valence-corrected chi connectivity index (χ2v) is 7.22. The Bertz CT molecular complexity index is 471. The zero-order valence-corrected chi connectivity index (χ0v) is 12.0. The van der Waals surface area contributed by atoms with Crippen LogP contribution in [0.4, 0.5) is 0 Å². The molecule has 3 nitrogen and oxygen atoms in total. The number of hydrogen-bond donors (Lipinski definition) is 1. The molecule has 0 bridgehead atoms. The van der Waals surface area contributed by atoms with Gasteiger partial charge in [-0.3, -0.25) is 0 Å². The largest absolute Gasteiger partial charge is 0.396 e. The zero-order chi connectivity index (χ0) is 13.6. The molecule has 1 unspecified atom stereocenters. The maximum absolute atomic E-state index is 11.4. The molecule has 1 aromatic carbocycles. The molecule has 0 aliphatic heterocycles. The van der Waals surface area contributed by atoms with Gasteiger partial charge in [0.15, 0.2) is 0 Å². The van der Waals surface area contributed by atoms with Gasteiger partial charge in [0.25, 0.3) is 0 Å². The van der Waals surface area contributed by atoms with Crippen molar-refractivity contribution in [1.29, 1.82) is 0 Å². The Labute approximate surface area is 114 Å². The van der Waals surface area contributed by atoms with E-state index in [-0.39, 0.29) is 24.0 Å². The van der Waals surface area contributed by atoms with Gasteiger partial charge >= 0.3 is 0 Å². The van der Waals surface area contributed by atoms with Crippen LogP contribution in [0.15, 0.2) is 24.3 Å². The Morgan fingerprint density at radius 1 is 1.39 bits per heavy atom. The van der Waals surface area contributed by atoms with Crippen LogP contribution in [0.2, 0.25) is 5.02 Å². The molecule has 1 atom stereocenters. The summed E-state index contributed by atoms with van der Waals surface area (Å²) in [7, 11) is -2.92. The summed E-state index contributed by atoms with van der Waals surface area (Å²) >= 11 is 5.90. The van der Waals surface area contributed by atoms with Crippen molar-refractivity contribution in [2.75, 3.05) is 18.1 Å². The van der Waals surface area contributed by atoms with Crippen LogP contribution in [-0.2, 0) is 9.84 Å². The Balaban J connectivity index is 2.58. The zero-order valence-electron chi connectivity index (χ0n) is 10.5. The van der Waals surface area contributed by atoms with E-state index in [1.165, 1.54) is 0 Å². The number of sulfone groups is 1. The summed E-state index contributed by atoms with van der Waals surface area (Å²) in [6.07, 6.45) is 1.21. The molecule has 0 aliphatic carbocycles. The minimum absolute atomic E-state index is 0.00646. The molecule has 102 valence electrons. The van der Waals surface area contributed by atoms with E-state index in [9.17, 15) is 13.5 Å². The third-order valence-electron chi connectivity index (χ3n) is 2.99. The summed E-state index contributed by atoms with van der Waals surface area (Å²) in [6, 6.07) is 7.34. The van der Waals surface area contributed by atoms with Crippen molar-refractivity contribution in [3.05, 3.63) is 34.9 Å². The molecule has 5 heteroatoms. The quantitative estimate of drug-likeness (QED) is 0.840. The first-order valence-electron chi connectivity index (χ1n) is 6.05. The van der Waals surface area contributed by atoms with Gasteiger partial charge in [0.2, 0.25) is 0 Å². The number of aliphatic hydroxyl groups is 1. The molecule has 18 heavy (non-hydrogen) atoms. The summed E-state index contributed by atoms with van der Waals surface area (Å²) < 4.78 is 22.8. The molecule has 0 radical (unpaired) electrons. The normalized spacial score (nSPS) is 13.5. The molecule has 0 aromatic heterocycles. The lowest BCUT2D eigenvalue weighted by atomic mass is 9.95. The van der Waals surface area contributed by atoms with Crippen LogP contribution in [0, 0.1) is 0 Å². The average Bonchev–Trinajstić information content (AvgIpc) is 2.34. The van der Waals surface area contributed by atoms with E-state index in [2.05, 4.69) is 0 Å². The van der Waals surface area contributed by atoms with Crippen molar-refractivity contribution >= 4 is 21.4 Å². The monoisotopic (exact) mass is 290 g/mol. The molecule has 0 saturated carbocycles. The van der Waals surface area contributed by atoms with E-state index < -0.39 is 9.84 Å². The fourth-order valence-corrected chi connectivity index (χ4v) is 2.91. The fraction of sp³-hybridized carbons (Fsp3) is 0.538. The number of aliphatic hydroxyl groups excluding tert-OH is 1. The van der Waals surface area contributed by atoms with Crippen molar-refractivity contribution in [2.24, 2.45) is 0 Å². The highest BCUT2D eigenvalue weighted by Crippen LogP contribution is 2.23. The van der Waals surface area contributed by atoms with Gasteiger partial charge in [-0.1, -0.05) is 30.7 Å². The van der Waals surface area contributed by atoms with Gasteiger partial charge in [-0.05, 0) is 30.5 Å². The smallest absolute Gasteiger partial charge is 0.150 e. The first-order valence-corrected chi connectivity index (χ1v) is 8.25. The number of rotatable bonds is 7. The highest BCUT2D eigenvalue weighted by atomic mass is 35.5. The van der Waals surface area contributed by atoms with Crippen molar-refractivity contribution in [2.45, 2.75) is 25.7 Å². The van der Waals surface area contributed by atoms with Gasteiger partial charge in [0.1, 0.15) is 9.84 Å². The van der Waals surface area contributed by atoms with Gasteiger partial charge < -0.3 is 5.11 Å². The molecule has 0 aliphatic rings.